The minimum absolute atomic E-state index is 0.208. The zero-order valence-corrected chi connectivity index (χ0v) is 10.6. The summed E-state index contributed by atoms with van der Waals surface area (Å²) in [5, 5.41) is 7.61. The van der Waals surface area contributed by atoms with E-state index in [4.69, 9.17) is 11.0 Å². The molecular formula is C11H15N3O2S. The van der Waals surface area contributed by atoms with Crippen LogP contribution in [-0.2, 0) is 16.6 Å². The van der Waals surface area contributed by atoms with Gasteiger partial charge in [-0.1, -0.05) is 12.1 Å². The minimum atomic E-state index is -3.57. The molecule has 1 aromatic carbocycles. The van der Waals surface area contributed by atoms with Crippen LogP contribution >= 0.6 is 0 Å². The van der Waals surface area contributed by atoms with E-state index in [9.17, 15) is 8.42 Å². The topological polar surface area (TPSA) is 87.2 Å². The van der Waals surface area contributed by atoms with Crippen molar-refractivity contribution in [3.63, 3.8) is 0 Å². The molecule has 0 aliphatic carbocycles. The van der Waals surface area contributed by atoms with Crippen LogP contribution in [0.4, 0.5) is 5.69 Å². The van der Waals surface area contributed by atoms with E-state index in [2.05, 4.69) is 0 Å². The summed E-state index contributed by atoms with van der Waals surface area (Å²) in [5.41, 5.74) is 6.99. The lowest BCUT2D eigenvalue weighted by molar-refractivity contribution is 0.463. The smallest absolute Gasteiger partial charge is 0.230 e. The van der Waals surface area contributed by atoms with Crippen LogP contribution in [0.15, 0.2) is 24.3 Å². The molecule has 0 aliphatic heterocycles. The first-order valence-electron chi connectivity index (χ1n) is 5.07. The van der Waals surface area contributed by atoms with Crippen LogP contribution in [0.2, 0.25) is 0 Å². The molecule has 2 N–H and O–H groups in total. The van der Waals surface area contributed by atoms with E-state index in [1.807, 2.05) is 0 Å². The van der Waals surface area contributed by atoms with Gasteiger partial charge in [0.25, 0.3) is 0 Å². The second kappa shape index (κ2) is 5.17. The van der Waals surface area contributed by atoms with Gasteiger partial charge in [-0.2, -0.15) is 9.57 Å². The van der Waals surface area contributed by atoms with Crippen molar-refractivity contribution < 1.29 is 8.42 Å². The van der Waals surface area contributed by atoms with Crippen LogP contribution in [-0.4, -0.2) is 25.0 Å². The van der Waals surface area contributed by atoms with Gasteiger partial charge in [0.15, 0.2) is 5.25 Å². The third-order valence-corrected chi connectivity index (χ3v) is 4.42. The molecule has 0 spiro atoms. The molecule has 17 heavy (non-hydrogen) atoms. The zero-order valence-electron chi connectivity index (χ0n) is 9.79. The molecule has 1 unspecified atom stereocenters. The Morgan fingerprint density at radius 3 is 2.71 bits per heavy atom. The molecule has 0 radical (unpaired) electrons. The van der Waals surface area contributed by atoms with Gasteiger partial charge in [-0.15, -0.1) is 0 Å². The maximum absolute atomic E-state index is 11.8. The molecule has 0 aliphatic rings. The van der Waals surface area contributed by atoms with E-state index in [0.29, 0.717) is 5.69 Å². The van der Waals surface area contributed by atoms with Crippen molar-refractivity contribution >= 4 is 15.7 Å². The Morgan fingerprint density at radius 2 is 2.18 bits per heavy atom. The average Bonchev–Trinajstić information content (AvgIpc) is 2.27. The summed E-state index contributed by atoms with van der Waals surface area (Å²) in [6.07, 6.45) is 0. The van der Waals surface area contributed by atoms with E-state index in [1.54, 1.807) is 30.3 Å². The number of benzene rings is 1. The van der Waals surface area contributed by atoms with E-state index >= 15 is 0 Å². The average molecular weight is 253 g/mol. The lowest BCUT2D eigenvalue weighted by Crippen LogP contribution is -2.33. The van der Waals surface area contributed by atoms with E-state index in [0.717, 1.165) is 9.87 Å². The van der Waals surface area contributed by atoms with Crippen LogP contribution in [0.25, 0.3) is 0 Å². The Morgan fingerprint density at radius 1 is 1.53 bits per heavy atom. The molecule has 1 rings (SSSR count). The number of hydrogen-bond donors (Lipinski definition) is 1. The van der Waals surface area contributed by atoms with Crippen molar-refractivity contribution in [3.8, 4) is 6.07 Å². The lowest BCUT2D eigenvalue weighted by atomic mass is 10.2. The summed E-state index contributed by atoms with van der Waals surface area (Å²) in [4.78, 5) is 0. The fourth-order valence-corrected chi connectivity index (χ4v) is 2.38. The number of nitrogens with zero attached hydrogens (tertiary/aromatic N) is 2. The first-order valence-corrected chi connectivity index (χ1v) is 6.57. The molecule has 6 heteroatoms. The molecule has 0 heterocycles. The largest absolute Gasteiger partial charge is 0.399 e. The van der Waals surface area contributed by atoms with Crippen LogP contribution in [0.1, 0.15) is 12.5 Å². The van der Waals surface area contributed by atoms with Crippen LogP contribution in [0, 0.1) is 11.3 Å². The number of hydrogen-bond acceptors (Lipinski definition) is 4. The molecule has 0 fully saturated rings. The maximum Gasteiger partial charge on any atom is 0.230 e. The van der Waals surface area contributed by atoms with Crippen LogP contribution < -0.4 is 5.73 Å². The number of nitriles is 1. The highest BCUT2D eigenvalue weighted by Crippen LogP contribution is 2.13. The fourth-order valence-electron chi connectivity index (χ4n) is 1.38. The lowest BCUT2D eigenvalue weighted by Gasteiger charge is -2.18. The summed E-state index contributed by atoms with van der Waals surface area (Å²) in [5.74, 6) is 0. The van der Waals surface area contributed by atoms with E-state index in [1.165, 1.54) is 14.0 Å². The number of nitrogen functional groups attached to an aromatic ring is 1. The Kier molecular flexibility index (Phi) is 4.10. The standard InChI is InChI=1S/C11H15N3O2S/c1-9(7-12)17(15,16)14(2)8-10-4-3-5-11(13)6-10/h3-6,9H,8,13H2,1-2H3. The predicted molar refractivity (Wildman–Crippen MR) is 66.3 cm³/mol. The Hall–Kier alpha value is -1.58. The monoisotopic (exact) mass is 253 g/mol. The second-order valence-electron chi connectivity index (χ2n) is 3.82. The summed E-state index contributed by atoms with van der Waals surface area (Å²) in [6.45, 7) is 1.57. The predicted octanol–water partition coefficient (Wildman–Crippen LogP) is 0.942. The van der Waals surface area contributed by atoms with Gasteiger partial charge in [-0.3, -0.25) is 0 Å². The van der Waals surface area contributed by atoms with Gasteiger partial charge in [-0.05, 0) is 24.6 Å². The van der Waals surface area contributed by atoms with Crippen molar-refractivity contribution in [2.75, 3.05) is 12.8 Å². The molecule has 0 amide bonds. The molecule has 0 saturated heterocycles. The highest BCUT2D eigenvalue weighted by atomic mass is 32.2. The maximum atomic E-state index is 11.8. The van der Waals surface area contributed by atoms with Crippen molar-refractivity contribution in [1.82, 2.24) is 4.31 Å². The molecular weight excluding hydrogens is 238 g/mol. The molecule has 1 atom stereocenters. The molecule has 5 nitrogen and oxygen atoms in total. The van der Waals surface area contributed by atoms with Gasteiger partial charge in [0.1, 0.15) is 0 Å². The SMILES string of the molecule is CC(C#N)S(=O)(=O)N(C)Cc1cccc(N)c1. The highest BCUT2D eigenvalue weighted by Gasteiger charge is 2.25. The third-order valence-electron chi connectivity index (χ3n) is 2.42. The number of nitrogens with two attached hydrogens (primary N) is 1. The number of anilines is 1. The van der Waals surface area contributed by atoms with Gasteiger partial charge >= 0.3 is 0 Å². The zero-order chi connectivity index (χ0) is 13.1. The molecule has 1 aromatic rings. The Labute approximate surface area is 102 Å². The number of rotatable bonds is 4. The van der Waals surface area contributed by atoms with E-state index < -0.39 is 15.3 Å². The van der Waals surface area contributed by atoms with Crippen molar-refractivity contribution in [3.05, 3.63) is 29.8 Å². The van der Waals surface area contributed by atoms with Crippen molar-refractivity contribution in [1.29, 1.82) is 5.26 Å². The quantitative estimate of drug-likeness (QED) is 0.809. The van der Waals surface area contributed by atoms with Gasteiger partial charge < -0.3 is 5.73 Å². The van der Waals surface area contributed by atoms with Gasteiger partial charge in [0, 0.05) is 19.3 Å². The molecule has 0 bridgehead atoms. The van der Waals surface area contributed by atoms with Crippen molar-refractivity contribution in [2.45, 2.75) is 18.7 Å². The van der Waals surface area contributed by atoms with Crippen molar-refractivity contribution in [2.24, 2.45) is 0 Å². The number of sulfonamides is 1. The summed E-state index contributed by atoms with van der Waals surface area (Å²) in [7, 11) is -2.12. The van der Waals surface area contributed by atoms with Crippen LogP contribution in [0.3, 0.4) is 0 Å². The molecule has 0 saturated carbocycles. The summed E-state index contributed by atoms with van der Waals surface area (Å²) in [6, 6.07) is 8.73. The first-order chi connectivity index (χ1) is 7.87. The molecule has 0 aromatic heterocycles. The van der Waals surface area contributed by atoms with Crippen LogP contribution in [0.5, 0.6) is 0 Å². The minimum Gasteiger partial charge on any atom is -0.399 e. The fraction of sp³-hybridized carbons (Fsp3) is 0.364. The van der Waals surface area contributed by atoms with Gasteiger partial charge in [0.2, 0.25) is 10.0 Å². The second-order valence-corrected chi connectivity index (χ2v) is 6.18. The Balaban J connectivity index is 2.87. The van der Waals surface area contributed by atoms with Gasteiger partial charge in [0.05, 0.1) is 6.07 Å². The molecule has 92 valence electrons. The first kappa shape index (κ1) is 13.5. The summed E-state index contributed by atoms with van der Waals surface area (Å²) >= 11 is 0. The normalized spacial score (nSPS) is 13.3. The van der Waals surface area contributed by atoms with Gasteiger partial charge in [-0.25, -0.2) is 8.42 Å². The Bertz CT molecular complexity index is 534. The highest BCUT2D eigenvalue weighted by molar-refractivity contribution is 7.89. The third kappa shape index (κ3) is 3.19. The summed E-state index contributed by atoms with van der Waals surface area (Å²) < 4.78 is 24.8. The van der Waals surface area contributed by atoms with E-state index in [-0.39, 0.29) is 6.54 Å².